The molecule has 2 aromatic rings. The smallest absolute Gasteiger partial charge is 0.261 e. The highest BCUT2D eigenvalue weighted by Crippen LogP contribution is 2.19. The molecule has 0 radical (unpaired) electrons. The molecule has 0 atom stereocenters. The lowest BCUT2D eigenvalue weighted by atomic mass is 10.1. The van der Waals surface area contributed by atoms with Crippen LogP contribution in [0.2, 0.25) is 0 Å². The van der Waals surface area contributed by atoms with E-state index in [4.69, 9.17) is 4.74 Å². The molecule has 110 valence electrons. The first-order valence-corrected chi connectivity index (χ1v) is 6.54. The molecule has 0 bridgehead atoms. The number of carbonyl (C=O) groups excluding carboxylic acids is 1. The maximum Gasteiger partial charge on any atom is 0.261 e. The molecule has 1 aromatic carbocycles. The summed E-state index contributed by atoms with van der Waals surface area (Å²) in [5, 5.41) is 0. The summed E-state index contributed by atoms with van der Waals surface area (Å²) in [7, 11) is 1.54. The Hall–Kier alpha value is -2.27. The normalized spacial score (nSPS) is 10.6. The van der Waals surface area contributed by atoms with Crippen molar-refractivity contribution in [3.63, 3.8) is 0 Å². The predicted octanol–water partition coefficient (Wildman–Crippen LogP) is 2.50. The molecule has 4 nitrogen and oxygen atoms in total. The largest absolute Gasteiger partial charge is 0.383 e. The highest BCUT2D eigenvalue weighted by atomic mass is 19.1. The Morgan fingerprint density at radius 3 is 2.43 bits per heavy atom. The van der Waals surface area contributed by atoms with Crippen LogP contribution in [0.15, 0.2) is 41.2 Å². The van der Waals surface area contributed by atoms with E-state index in [1.54, 1.807) is 18.2 Å². The summed E-state index contributed by atoms with van der Waals surface area (Å²) in [5.41, 5.74) is 1.11. The van der Waals surface area contributed by atoms with Crippen molar-refractivity contribution in [2.75, 3.05) is 13.7 Å². The summed E-state index contributed by atoms with van der Waals surface area (Å²) in [5.74, 6) is -0.623. The molecule has 0 saturated carbocycles. The maximum absolute atomic E-state index is 13.0. The second kappa shape index (κ2) is 6.45. The third kappa shape index (κ3) is 3.25. The van der Waals surface area contributed by atoms with E-state index in [0.29, 0.717) is 24.4 Å². The number of hydrogen-bond acceptors (Lipinski definition) is 3. The van der Waals surface area contributed by atoms with Gasteiger partial charge in [0.25, 0.3) is 5.56 Å². The number of halogens is 1. The van der Waals surface area contributed by atoms with E-state index in [9.17, 15) is 14.0 Å². The monoisotopic (exact) mass is 289 g/mol. The number of ether oxygens (including phenoxy) is 1. The van der Waals surface area contributed by atoms with Crippen molar-refractivity contribution in [1.82, 2.24) is 4.57 Å². The second-order valence-corrected chi connectivity index (χ2v) is 4.64. The molecule has 0 spiro atoms. The number of aromatic nitrogens is 1. The zero-order chi connectivity index (χ0) is 15.4. The Labute approximate surface area is 121 Å². The predicted molar refractivity (Wildman–Crippen MR) is 78.0 cm³/mol. The lowest BCUT2D eigenvalue weighted by Crippen LogP contribution is -2.28. The van der Waals surface area contributed by atoms with Gasteiger partial charge in [-0.1, -0.05) is 0 Å². The second-order valence-electron chi connectivity index (χ2n) is 4.64. The van der Waals surface area contributed by atoms with Gasteiger partial charge >= 0.3 is 0 Å². The van der Waals surface area contributed by atoms with Gasteiger partial charge in [-0.3, -0.25) is 9.59 Å². The third-order valence-corrected chi connectivity index (χ3v) is 3.21. The molecule has 1 heterocycles. The number of hydrogen-bond donors (Lipinski definition) is 0. The quantitative estimate of drug-likeness (QED) is 0.795. The molecular weight excluding hydrogens is 273 g/mol. The van der Waals surface area contributed by atoms with Gasteiger partial charge in [0, 0.05) is 13.7 Å². The number of ketones is 1. The Morgan fingerprint density at radius 1 is 1.19 bits per heavy atom. The molecule has 21 heavy (non-hydrogen) atoms. The van der Waals surface area contributed by atoms with E-state index in [2.05, 4.69) is 0 Å². The van der Waals surface area contributed by atoms with Crippen LogP contribution in [-0.4, -0.2) is 24.1 Å². The fourth-order valence-corrected chi connectivity index (χ4v) is 2.12. The highest BCUT2D eigenvalue weighted by molar-refractivity contribution is 5.93. The van der Waals surface area contributed by atoms with Crippen LogP contribution in [-0.2, 0) is 11.3 Å². The summed E-state index contributed by atoms with van der Waals surface area (Å²) in [4.78, 5) is 23.9. The number of Topliss-reactive ketones (excluding diaryl/α,β-unsaturated/α-hetero) is 1. The Kier molecular flexibility index (Phi) is 4.65. The molecule has 0 aliphatic carbocycles. The number of benzene rings is 1. The van der Waals surface area contributed by atoms with Crippen molar-refractivity contribution in [2.24, 2.45) is 0 Å². The molecule has 0 N–H and O–H groups in total. The molecule has 2 rings (SSSR count). The van der Waals surface area contributed by atoms with Gasteiger partial charge in [0.2, 0.25) is 0 Å². The summed E-state index contributed by atoms with van der Waals surface area (Å²) >= 11 is 0. The van der Waals surface area contributed by atoms with Gasteiger partial charge < -0.3 is 9.30 Å². The fourth-order valence-electron chi connectivity index (χ4n) is 2.12. The summed E-state index contributed by atoms with van der Waals surface area (Å²) in [6, 6.07) is 9.06. The van der Waals surface area contributed by atoms with Gasteiger partial charge in [-0.15, -0.1) is 0 Å². The minimum absolute atomic E-state index is 0.136. The van der Waals surface area contributed by atoms with Crippen molar-refractivity contribution in [2.45, 2.75) is 13.5 Å². The maximum atomic E-state index is 13.0. The SMILES string of the molecule is COCCn1c(-c2ccc(F)cc2)ccc(C(C)=O)c1=O. The van der Waals surface area contributed by atoms with Crippen LogP contribution in [0.5, 0.6) is 0 Å². The molecule has 5 heteroatoms. The van der Waals surface area contributed by atoms with Crippen molar-refractivity contribution in [3.8, 4) is 11.3 Å². The number of nitrogens with zero attached hydrogens (tertiary/aromatic N) is 1. The molecule has 0 unspecified atom stereocenters. The number of pyridine rings is 1. The van der Waals surface area contributed by atoms with Gasteiger partial charge in [-0.05, 0) is 48.9 Å². The van der Waals surface area contributed by atoms with Gasteiger partial charge in [-0.25, -0.2) is 4.39 Å². The molecular formula is C16H16FNO3. The van der Waals surface area contributed by atoms with Gasteiger partial charge in [0.15, 0.2) is 5.78 Å². The Morgan fingerprint density at radius 2 is 1.86 bits per heavy atom. The van der Waals surface area contributed by atoms with Gasteiger partial charge in [-0.2, -0.15) is 0 Å². The summed E-state index contributed by atoms with van der Waals surface area (Å²) in [6.07, 6.45) is 0. The van der Waals surface area contributed by atoms with Crippen molar-refractivity contribution in [1.29, 1.82) is 0 Å². The summed E-state index contributed by atoms with van der Waals surface area (Å²) < 4.78 is 19.5. The zero-order valence-corrected chi connectivity index (χ0v) is 11.9. The Bertz CT molecular complexity index is 704. The zero-order valence-electron chi connectivity index (χ0n) is 11.9. The van der Waals surface area contributed by atoms with E-state index in [0.717, 1.165) is 0 Å². The lowest BCUT2D eigenvalue weighted by Gasteiger charge is -2.14. The molecule has 1 aromatic heterocycles. The van der Waals surface area contributed by atoms with E-state index >= 15 is 0 Å². The fraction of sp³-hybridized carbons (Fsp3) is 0.250. The van der Waals surface area contributed by atoms with Crippen LogP contribution < -0.4 is 5.56 Å². The standard InChI is InChI=1S/C16H16FNO3/c1-11(19)14-7-8-15(12-3-5-13(17)6-4-12)18(16(14)20)9-10-21-2/h3-8H,9-10H2,1-2H3. The average Bonchev–Trinajstić information content (AvgIpc) is 2.46. The van der Waals surface area contributed by atoms with E-state index in [-0.39, 0.29) is 22.7 Å². The summed E-state index contributed by atoms with van der Waals surface area (Å²) in [6.45, 7) is 2.02. The van der Waals surface area contributed by atoms with E-state index in [1.807, 2.05) is 0 Å². The van der Waals surface area contributed by atoms with Crippen LogP contribution in [0.3, 0.4) is 0 Å². The first-order valence-electron chi connectivity index (χ1n) is 6.54. The van der Waals surface area contributed by atoms with E-state index < -0.39 is 0 Å². The Balaban J connectivity index is 2.59. The van der Waals surface area contributed by atoms with Crippen molar-refractivity contribution >= 4 is 5.78 Å². The lowest BCUT2D eigenvalue weighted by molar-refractivity contribution is 0.101. The van der Waals surface area contributed by atoms with Gasteiger partial charge in [0.05, 0.1) is 17.9 Å². The molecule has 0 fully saturated rings. The number of carbonyl (C=O) groups is 1. The first kappa shape index (κ1) is 15.1. The van der Waals surface area contributed by atoms with E-state index in [1.165, 1.54) is 36.8 Å². The minimum atomic E-state index is -0.360. The van der Waals surface area contributed by atoms with Crippen LogP contribution in [0, 0.1) is 5.82 Å². The topological polar surface area (TPSA) is 48.3 Å². The number of rotatable bonds is 5. The average molecular weight is 289 g/mol. The third-order valence-electron chi connectivity index (χ3n) is 3.21. The molecule has 0 saturated heterocycles. The molecule has 0 aliphatic heterocycles. The number of methoxy groups -OCH3 is 1. The van der Waals surface area contributed by atoms with Gasteiger partial charge in [0.1, 0.15) is 5.82 Å². The van der Waals surface area contributed by atoms with Crippen molar-refractivity contribution < 1.29 is 13.9 Å². The van der Waals surface area contributed by atoms with Crippen LogP contribution >= 0.6 is 0 Å². The van der Waals surface area contributed by atoms with Crippen LogP contribution in [0.25, 0.3) is 11.3 Å². The van der Waals surface area contributed by atoms with Crippen molar-refractivity contribution in [3.05, 3.63) is 58.1 Å². The minimum Gasteiger partial charge on any atom is -0.383 e. The first-order chi connectivity index (χ1) is 10.0. The molecule has 0 aliphatic rings. The highest BCUT2D eigenvalue weighted by Gasteiger charge is 2.13. The van der Waals surface area contributed by atoms with Crippen LogP contribution in [0.1, 0.15) is 17.3 Å². The van der Waals surface area contributed by atoms with Crippen LogP contribution in [0.4, 0.5) is 4.39 Å². The molecule has 0 amide bonds.